The predicted octanol–water partition coefficient (Wildman–Crippen LogP) is 5.50. The van der Waals surface area contributed by atoms with Crippen molar-refractivity contribution in [2.24, 2.45) is 0 Å². The Kier molecular flexibility index (Phi) is 7.59. The molecule has 8 heteroatoms. The number of aromatic nitrogens is 1. The van der Waals surface area contributed by atoms with Crippen molar-refractivity contribution in [2.45, 2.75) is 18.0 Å². The number of benzene rings is 3. The van der Waals surface area contributed by atoms with Crippen LogP contribution in [0.25, 0.3) is 0 Å². The van der Waals surface area contributed by atoms with Gasteiger partial charge in [-0.1, -0.05) is 30.3 Å². The molecule has 6 nitrogen and oxygen atoms in total. The molecule has 0 saturated carbocycles. The van der Waals surface area contributed by atoms with Crippen LogP contribution < -0.4 is 19.1 Å². The predicted molar refractivity (Wildman–Crippen MR) is 134 cm³/mol. The number of nitrogens with one attached hydrogen (secondary N) is 1. The van der Waals surface area contributed by atoms with Crippen molar-refractivity contribution >= 4 is 33.1 Å². The molecule has 1 N–H and O–H groups in total. The van der Waals surface area contributed by atoms with Gasteiger partial charge in [0.05, 0.1) is 25.7 Å². The number of ether oxygens (including phenoxy) is 2. The highest BCUT2D eigenvalue weighted by molar-refractivity contribution is 7.86. The number of hydrogen-bond acceptors (Lipinski definition) is 6. The van der Waals surface area contributed by atoms with E-state index in [1.54, 1.807) is 24.7 Å². The first-order chi connectivity index (χ1) is 16.2. The molecule has 0 aliphatic heterocycles. The fraction of sp³-hybridized carbons (Fsp3) is 0.160. The third-order valence-electron chi connectivity index (χ3n) is 5.04. The second-order valence-electron chi connectivity index (χ2n) is 7.14. The van der Waals surface area contributed by atoms with Crippen molar-refractivity contribution in [3.63, 3.8) is 0 Å². The Morgan fingerprint density at radius 2 is 1.79 bits per heavy atom. The Labute approximate surface area is 200 Å². The molecule has 0 fully saturated rings. The van der Waals surface area contributed by atoms with Gasteiger partial charge in [0.15, 0.2) is 16.1 Å². The van der Waals surface area contributed by atoms with Crippen molar-refractivity contribution in [1.82, 2.24) is 4.98 Å². The maximum atomic E-state index is 13.6. The molecule has 0 amide bonds. The largest absolute Gasteiger partial charge is 0.497 e. The Bertz CT molecular complexity index is 1180. The lowest BCUT2D eigenvalue weighted by atomic mass is 10.2. The van der Waals surface area contributed by atoms with E-state index in [0.29, 0.717) is 28.1 Å². The van der Waals surface area contributed by atoms with E-state index >= 15 is 0 Å². The topological polar surface area (TPSA) is 63.7 Å². The Hall–Kier alpha value is -3.36. The standard InChI is InChI=1S/C25H25N3O3S2/c1-30-22-11-8-20(24(16-22)31-2)18-28(25-26-14-15-32-25)33(29)23-12-9-21(10-13-23)27-17-19-6-4-3-5-7-19/h3-16,27H,17-18H2,1-2H3. The molecular weight excluding hydrogens is 454 g/mol. The molecule has 0 aliphatic carbocycles. The summed E-state index contributed by atoms with van der Waals surface area (Å²) in [5.74, 6) is 1.38. The van der Waals surface area contributed by atoms with Gasteiger partial charge in [-0.25, -0.2) is 9.19 Å². The van der Waals surface area contributed by atoms with Gasteiger partial charge in [-0.3, -0.25) is 4.31 Å². The van der Waals surface area contributed by atoms with E-state index in [0.717, 1.165) is 17.8 Å². The maximum Gasteiger partial charge on any atom is 0.197 e. The number of methoxy groups -OCH3 is 2. The van der Waals surface area contributed by atoms with Gasteiger partial charge in [0.2, 0.25) is 0 Å². The van der Waals surface area contributed by atoms with Crippen LogP contribution in [0.2, 0.25) is 0 Å². The van der Waals surface area contributed by atoms with Crippen molar-refractivity contribution < 1.29 is 13.7 Å². The van der Waals surface area contributed by atoms with Gasteiger partial charge in [-0.2, -0.15) is 0 Å². The normalized spacial score (nSPS) is 11.6. The average molecular weight is 480 g/mol. The van der Waals surface area contributed by atoms with Gasteiger partial charge in [-0.05, 0) is 42.0 Å². The number of hydrogen-bond donors (Lipinski definition) is 1. The molecule has 4 aromatic rings. The molecule has 3 aromatic carbocycles. The summed E-state index contributed by atoms with van der Waals surface area (Å²) in [5.41, 5.74) is 3.06. The van der Waals surface area contributed by atoms with E-state index in [4.69, 9.17) is 9.47 Å². The second kappa shape index (κ2) is 11.0. The molecule has 1 aromatic heterocycles. The molecule has 0 radical (unpaired) electrons. The molecule has 33 heavy (non-hydrogen) atoms. The summed E-state index contributed by atoms with van der Waals surface area (Å²) in [6.45, 7) is 1.10. The van der Waals surface area contributed by atoms with Crippen LogP contribution >= 0.6 is 11.3 Å². The van der Waals surface area contributed by atoms with Crippen LogP contribution in [0.1, 0.15) is 11.1 Å². The molecule has 0 saturated heterocycles. The van der Waals surface area contributed by atoms with E-state index in [2.05, 4.69) is 22.4 Å². The first-order valence-electron chi connectivity index (χ1n) is 10.4. The Morgan fingerprint density at radius 3 is 2.45 bits per heavy atom. The number of rotatable bonds is 10. The quantitative estimate of drug-likeness (QED) is 0.325. The van der Waals surface area contributed by atoms with Crippen LogP contribution in [0.3, 0.4) is 0 Å². The van der Waals surface area contributed by atoms with Gasteiger partial charge in [0, 0.05) is 35.4 Å². The summed E-state index contributed by atoms with van der Waals surface area (Å²) in [6, 6.07) is 23.5. The van der Waals surface area contributed by atoms with Crippen molar-refractivity contribution in [3.8, 4) is 11.5 Å². The molecule has 0 bridgehead atoms. The highest BCUT2D eigenvalue weighted by atomic mass is 32.2. The van der Waals surface area contributed by atoms with Gasteiger partial charge >= 0.3 is 0 Å². The van der Waals surface area contributed by atoms with Crippen LogP contribution in [-0.2, 0) is 24.1 Å². The van der Waals surface area contributed by atoms with Crippen LogP contribution in [0.15, 0.2) is 89.3 Å². The molecule has 0 aliphatic rings. The minimum Gasteiger partial charge on any atom is -0.497 e. The SMILES string of the molecule is COc1ccc(CN(c2nccs2)S(=O)c2ccc(NCc3ccccc3)cc2)c(OC)c1. The van der Waals surface area contributed by atoms with Crippen LogP contribution in [0.5, 0.6) is 11.5 Å². The lowest BCUT2D eigenvalue weighted by Crippen LogP contribution is -2.25. The third kappa shape index (κ3) is 5.71. The van der Waals surface area contributed by atoms with Crippen LogP contribution in [-0.4, -0.2) is 23.4 Å². The fourth-order valence-corrected chi connectivity index (χ4v) is 5.24. The van der Waals surface area contributed by atoms with E-state index in [1.165, 1.54) is 16.9 Å². The summed E-state index contributed by atoms with van der Waals surface area (Å²) in [7, 11) is 1.78. The van der Waals surface area contributed by atoms with E-state index in [1.807, 2.05) is 66.0 Å². The van der Waals surface area contributed by atoms with E-state index in [-0.39, 0.29) is 0 Å². The zero-order valence-electron chi connectivity index (χ0n) is 18.4. The minimum atomic E-state index is -1.45. The molecule has 1 unspecified atom stereocenters. The van der Waals surface area contributed by atoms with E-state index in [9.17, 15) is 4.21 Å². The van der Waals surface area contributed by atoms with Gasteiger partial charge in [0.1, 0.15) is 11.5 Å². The van der Waals surface area contributed by atoms with Crippen LogP contribution in [0, 0.1) is 0 Å². The Morgan fingerprint density at radius 1 is 1.00 bits per heavy atom. The van der Waals surface area contributed by atoms with Gasteiger partial charge in [0.25, 0.3) is 0 Å². The Balaban J connectivity index is 1.53. The molecular formula is C25H25N3O3S2. The second-order valence-corrected chi connectivity index (χ2v) is 9.43. The van der Waals surface area contributed by atoms with E-state index < -0.39 is 11.0 Å². The first-order valence-corrected chi connectivity index (χ1v) is 12.3. The molecule has 0 spiro atoms. The molecule has 1 heterocycles. The highest BCUT2D eigenvalue weighted by Gasteiger charge is 2.21. The van der Waals surface area contributed by atoms with Gasteiger partial charge < -0.3 is 14.8 Å². The van der Waals surface area contributed by atoms with Gasteiger partial charge in [-0.15, -0.1) is 11.3 Å². The average Bonchev–Trinajstić information content (AvgIpc) is 3.41. The monoisotopic (exact) mass is 479 g/mol. The number of anilines is 2. The zero-order valence-corrected chi connectivity index (χ0v) is 20.1. The van der Waals surface area contributed by atoms with Crippen molar-refractivity contribution in [1.29, 1.82) is 0 Å². The van der Waals surface area contributed by atoms with Crippen molar-refractivity contribution in [3.05, 3.63) is 95.5 Å². The lowest BCUT2D eigenvalue weighted by Gasteiger charge is -2.22. The molecule has 170 valence electrons. The first kappa shape index (κ1) is 22.8. The van der Waals surface area contributed by atoms with Crippen molar-refractivity contribution in [2.75, 3.05) is 23.8 Å². The van der Waals surface area contributed by atoms with Crippen LogP contribution in [0.4, 0.5) is 10.8 Å². The summed E-state index contributed by atoms with van der Waals surface area (Å²) in [6.07, 6.45) is 1.71. The summed E-state index contributed by atoms with van der Waals surface area (Å²) in [4.78, 5) is 5.10. The number of thiazole rings is 1. The smallest absolute Gasteiger partial charge is 0.197 e. The highest BCUT2D eigenvalue weighted by Crippen LogP contribution is 2.30. The summed E-state index contributed by atoms with van der Waals surface area (Å²) >= 11 is 1.45. The fourth-order valence-electron chi connectivity index (χ4n) is 3.29. The summed E-state index contributed by atoms with van der Waals surface area (Å²) < 4.78 is 26.2. The molecule has 4 rings (SSSR count). The lowest BCUT2D eigenvalue weighted by molar-refractivity contribution is 0.391. The molecule has 1 atom stereocenters. The summed E-state index contributed by atoms with van der Waals surface area (Å²) in [5, 5.41) is 5.95. The third-order valence-corrected chi connectivity index (χ3v) is 7.32. The minimum absolute atomic E-state index is 0.376. The number of nitrogens with zero attached hydrogens (tertiary/aromatic N) is 2. The zero-order chi connectivity index (χ0) is 23.0. The maximum absolute atomic E-state index is 13.6.